The maximum absolute atomic E-state index is 11.4. The van der Waals surface area contributed by atoms with E-state index in [0.29, 0.717) is 18.5 Å². The lowest BCUT2D eigenvalue weighted by molar-refractivity contribution is -0.121. The van der Waals surface area contributed by atoms with Crippen molar-refractivity contribution in [1.29, 1.82) is 0 Å². The molecule has 1 saturated heterocycles. The maximum Gasteiger partial charge on any atom is 0.221 e. The Morgan fingerprint density at radius 2 is 2.33 bits per heavy atom. The van der Waals surface area contributed by atoms with Crippen molar-refractivity contribution in [3.8, 4) is 0 Å². The smallest absolute Gasteiger partial charge is 0.221 e. The minimum Gasteiger partial charge on any atom is -0.379 e. The molecule has 0 saturated carbocycles. The zero-order valence-electron chi connectivity index (χ0n) is 11.6. The highest BCUT2D eigenvalue weighted by Gasteiger charge is 2.15. The monoisotopic (exact) mass is 257 g/mol. The van der Waals surface area contributed by atoms with Crippen molar-refractivity contribution < 1.29 is 9.53 Å². The van der Waals surface area contributed by atoms with E-state index in [4.69, 9.17) is 4.74 Å². The summed E-state index contributed by atoms with van der Waals surface area (Å²) in [7, 11) is 0. The fourth-order valence-corrected chi connectivity index (χ4v) is 2.07. The molecular weight excluding hydrogens is 230 g/mol. The Balaban J connectivity index is 2.01. The van der Waals surface area contributed by atoms with Gasteiger partial charge in [0.25, 0.3) is 0 Å². The van der Waals surface area contributed by atoms with Crippen molar-refractivity contribution in [1.82, 2.24) is 16.0 Å². The number of rotatable bonds is 8. The van der Waals surface area contributed by atoms with Crippen LogP contribution in [0.5, 0.6) is 0 Å². The predicted molar refractivity (Wildman–Crippen MR) is 72.6 cm³/mol. The molecule has 0 spiro atoms. The molecule has 18 heavy (non-hydrogen) atoms. The molecule has 2 unspecified atom stereocenters. The Bertz CT molecular complexity index is 230. The summed E-state index contributed by atoms with van der Waals surface area (Å²) in [5, 5.41) is 9.69. The van der Waals surface area contributed by atoms with Crippen LogP contribution < -0.4 is 16.0 Å². The van der Waals surface area contributed by atoms with Crippen LogP contribution in [0.25, 0.3) is 0 Å². The van der Waals surface area contributed by atoms with Crippen molar-refractivity contribution in [3.05, 3.63) is 0 Å². The molecule has 1 aliphatic rings. The fourth-order valence-electron chi connectivity index (χ4n) is 2.07. The average Bonchev–Trinajstić information content (AvgIpc) is 2.37. The second-order valence-electron chi connectivity index (χ2n) is 4.92. The van der Waals surface area contributed by atoms with Crippen LogP contribution in [-0.4, -0.2) is 50.8 Å². The van der Waals surface area contributed by atoms with E-state index in [0.717, 1.165) is 45.7 Å². The van der Waals surface area contributed by atoms with Gasteiger partial charge in [-0.25, -0.2) is 0 Å². The number of morpholine rings is 1. The molecule has 1 heterocycles. The highest BCUT2D eigenvalue weighted by molar-refractivity contribution is 5.75. The first-order chi connectivity index (χ1) is 8.72. The molecule has 1 rings (SSSR count). The summed E-state index contributed by atoms with van der Waals surface area (Å²) >= 11 is 0. The van der Waals surface area contributed by atoms with Crippen LogP contribution in [0.2, 0.25) is 0 Å². The molecule has 106 valence electrons. The van der Waals surface area contributed by atoms with E-state index in [1.807, 2.05) is 0 Å². The van der Waals surface area contributed by atoms with E-state index in [-0.39, 0.29) is 5.91 Å². The second-order valence-corrected chi connectivity index (χ2v) is 4.92. The van der Waals surface area contributed by atoms with Crippen molar-refractivity contribution in [3.63, 3.8) is 0 Å². The first-order valence-corrected chi connectivity index (χ1v) is 7.03. The van der Waals surface area contributed by atoms with Crippen LogP contribution in [0.1, 0.15) is 33.1 Å². The minimum absolute atomic E-state index is 0.135. The summed E-state index contributed by atoms with van der Waals surface area (Å²) in [6.45, 7) is 8.28. The van der Waals surface area contributed by atoms with E-state index < -0.39 is 0 Å². The van der Waals surface area contributed by atoms with Gasteiger partial charge < -0.3 is 20.7 Å². The number of ether oxygens (including phenoxy) is 1. The molecule has 0 aromatic heterocycles. The molecule has 0 radical (unpaired) electrons. The lowest BCUT2D eigenvalue weighted by Crippen LogP contribution is -2.45. The summed E-state index contributed by atoms with van der Waals surface area (Å²) in [4.78, 5) is 11.4. The van der Waals surface area contributed by atoms with Crippen LogP contribution in [0.4, 0.5) is 0 Å². The second kappa shape index (κ2) is 9.30. The summed E-state index contributed by atoms with van der Waals surface area (Å²) in [5.41, 5.74) is 0. The van der Waals surface area contributed by atoms with E-state index in [1.54, 1.807) is 0 Å². The molecular formula is C13H27N3O2. The summed E-state index contributed by atoms with van der Waals surface area (Å²) in [6, 6.07) is 0.846. The molecule has 0 aliphatic carbocycles. The molecule has 1 aliphatic heterocycles. The zero-order valence-corrected chi connectivity index (χ0v) is 11.6. The Kier molecular flexibility index (Phi) is 7.96. The number of hydrogen-bond acceptors (Lipinski definition) is 4. The van der Waals surface area contributed by atoms with Gasteiger partial charge in [0, 0.05) is 38.1 Å². The van der Waals surface area contributed by atoms with Crippen LogP contribution >= 0.6 is 0 Å². The van der Waals surface area contributed by atoms with Gasteiger partial charge in [0.1, 0.15) is 0 Å². The van der Waals surface area contributed by atoms with Gasteiger partial charge in [0.05, 0.1) is 13.2 Å². The summed E-state index contributed by atoms with van der Waals surface area (Å²) in [6.07, 6.45) is 2.58. The third-order valence-electron chi connectivity index (χ3n) is 3.05. The lowest BCUT2D eigenvalue weighted by atomic mass is 10.1. The van der Waals surface area contributed by atoms with Crippen molar-refractivity contribution in [2.45, 2.75) is 45.2 Å². The fraction of sp³-hybridized carbons (Fsp3) is 0.923. The Morgan fingerprint density at radius 3 is 3.00 bits per heavy atom. The van der Waals surface area contributed by atoms with Gasteiger partial charge in [0.2, 0.25) is 5.91 Å². The van der Waals surface area contributed by atoms with Gasteiger partial charge in [-0.3, -0.25) is 4.79 Å². The van der Waals surface area contributed by atoms with E-state index in [9.17, 15) is 4.79 Å². The zero-order chi connectivity index (χ0) is 13.2. The van der Waals surface area contributed by atoms with Crippen molar-refractivity contribution in [2.24, 2.45) is 0 Å². The Hall–Kier alpha value is -0.650. The maximum atomic E-state index is 11.4. The van der Waals surface area contributed by atoms with Gasteiger partial charge in [-0.2, -0.15) is 0 Å². The number of carbonyl (C=O) groups is 1. The van der Waals surface area contributed by atoms with Gasteiger partial charge in [-0.1, -0.05) is 6.92 Å². The first-order valence-electron chi connectivity index (χ1n) is 7.03. The molecule has 2 atom stereocenters. The lowest BCUT2D eigenvalue weighted by Gasteiger charge is -2.26. The number of nitrogens with one attached hydrogen (secondary N) is 3. The number of hydrogen-bond donors (Lipinski definition) is 3. The van der Waals surface area contributed by atoms with Gasteiger partial charge in [0.15, 0.2) is 0 Å². The first kappa shape index (κ1) is 15.4. The molecule has 1 fully saturated rings. The molecule has 0 aromatic carbocycles. The highest BCUT2D eigenvalue weighted by atomic mass is 16.5. The van der Waals surface area contributed by atoms with Crippen LogP contribution in [0.3, 0.4) is 0 Å². The van der Waals surface area contributed by atoms with Crippen LogP contribution in [0, 0.1) is 0 Å². The Labute approximate surface area is 110 Å². The molecule has 0 bridgehead atoms. The van der Waals surface area contributed by atoms with E-state index >= 15 is 0 Å². The Morgan fingerprint density at radius 1 is 1.50 bits per heavy atom. The van der Waals surface area contributed by atoms with Crippen molar-refractivity contribution in [2.75, 3.05) is 32.8 Å². The van der Waals surface area contributed by atoms with Gasteiger partial charge in [-0.15, -0.1) is 0 Å². The quantitative estimate of drug-likeness (QED) is 0.584. The standard InChI is InChI=1S/C13H27N3O2/c1-3-5-16-13(17)4-6-14-11(2)9-12-10-18-8-7-15-12/h11-12,14-15H,3-10H2,1-2H3,(H,16,17). The SMILES string of the molecule is CCCNC(=O)CCNC(C)CC1COCCN1. The molecule has 5 heteroatoms. The summed E-state index contributed by atoms with van der Waals surface area (Å²) < 4.78 is 5.42. The highest BCUT2D eigenvalue weighted by Crippen LogP contribution is 2.02. The third kappa shape index (κ3) is 6.93. The normalized spacial score (nSPS) is 21.6. The van der Waals surface area contributed by atoms with E-state index in [2.05, 4.69) is 29.8 Å². The average molecular weight is 257 g/mol. The number of carbonyl (C=O) groups excluding carboxylic acids is 1. The van der Waals surface area contributed by atoms with Gasteiger partial charge >= 0.3 is 0 Å². The van der Waals surface area contributed by atoms with E-state index in [1.165, 1.54) is 0 Å². The van der Waals surface area contributed by atoms with Crippen molar-refractivity contribution >= 4 is 5.91 Å². The van der Waals surface area contributed by atoms with Gasteiger partial charge in [-0.05, 0) is 19.8 Å². The molecule has 0 aromatic rings. The molecule has 5 nitrogen and oxygen atoms in total. The number of amides is 1. The summed E-state index contributed by atoms with van der Waals surface area (Å²) in [5.74, 6) is 0.135. The minimum atomic E-state index is 0.135. The molecule has 3 N–H and O–H groups in total. The topological polar surface area (TPSA) is 62.4 Å². The predicted octanol–water partition coefficient (Wildman–Crippen LogP) is 0.259. The molecule has 1 amide bonds. The largest absolute Gasteiger partial charge is 0.379 e. The third-order valence-corrected chi connectivity index (χ3v) is 3.05. The van der Waals surface area contributed by atoms with Crippen LogP contribution in [-0.2, 0) is 9.53 Å². The van der Waals surface area contributed by atoms with Crippen LogP contribution in [0.15, 0.2) is 0 Å².